The molecule has 0 saturated heterocycles. The summed E-state index contributed by atoms with van der Waals surface area (Å²) in [5.74, 6) is 0.594. The zero-order valence-corrected chi connectivity index (χ0v) is 17.4. The molecule has 3 rings (SSSR count). The number of anilines is 2. The van der Waals surface area contributed by atoms with Crippen molar-refractivity contribution < 1.29 is 9.13 Å². The van der Waals surface area contributed by atoms with Gasteiger partial charge < -0.3 is 15.4 Å². The normalized spacial score (nSPS) is 10.6. The highest BCUT2D eigenvalue weighted by atomic mass is 35.5. The van der Waals surface area contributed by atoms with Crippen LogP contribution >= 0.6 is 35.4 Å². The van der Waals surface area contributed by atoms with Gasteiger partial charge in [-0.15, -0.1) is 0 Å². The molecule has 2 N–H and O–H groups in total. The Morgan fingerprint density at radius 2 is 2.00 bits per heavy atom. The monoisotopic (exact) mass is 438 g/mol. The highest BCUT2D eigenvalue weighted by Gasteiger charge is 2.13. The molecule has 0 atom stereocenters. The second kappa shape index (κ2) is 8.77. The number of hydrogen-bond acceptors (Lipinski definition) is 3. The van der Waals surface area contributed by atoms with Crippen LogP contribution in [0.2, 0.25) is 10.0 Å². The highest BCUT2D eigenvalue weighted by Crippen LogP contribution is 2.27. The Morgan fingerprint density at radius 3 is 2.71 bits per heavy atom. The average Bonchev–Trinajstić information content (AvgIpc) is 2.97. The summed E-state index contributed by atoms with van der Waals surface area (Å²) in [4.78, 5) is 0. The van der Waals surface area contributed by atoms with Crippen LogP contribution in [0.3, 0.4) is 0 Å². The van der Waals surface area contributed by atoms with Crippen molar-refractivity contribution >= 4 is 52.0 Å². The van der Waals surface area contributed by atoms with Crippen LogP contribution in [0, 0.1) is 12.7 Å². The molecule has 9 heteroatoms. The van der Waals surface area contributed by atoms with Crippen LogP contribution in [-0.4, -0.2) is 22.0 Å². The van der Waals surface area contributed by atoms with E-state index in [0.29, 0.717) is 38.0 Å². The molecule has 2 aromatic carbocycles. The lowest BCUT2D eigenvalue weighted by atomic mass is 10.2. The van der Waals surface area contributed by atoms with Gasteiger partial charge in [0, 0.05) is 16.8 Å². The van der Waals surface area contributed by atoms with Crippen molar-refractivity contribution in [2.24, 2.45) is 0 Å². The molecule has 0 bridgehead atoms. The molecule has 0 aliphatic carbocycles. The highest BCUT2D eigenvalue weighted by molar-refractivity contribution is 7.80. The number of hydrogen-bond donors (Lipinski definition) is 2. The number of rotatable bonds is 5. The maximum Gasteiger partial charge on any atom is 0.176 e. The first-order valence-corrected chi connectivity index (χ1v) is 9.42. The number of nitrogens with one attached hydrogen (secondary N) is 2. The van der Waals surface area contributed by atoms with E-state index in [1.165, 1.54) is 10.7 Å². The maximum absolute atomic E-state index is 14.0. The van der Waals surface area contributed by atoms with E-state index in [1.807, 2.05) is 25.1 Å². The molecule has 0 fully saturated rings. The second-order valence-corrected chi connectivity index (χ2v) is 7.23. The van der Waals surface area contributed by atoms with Crippen molar-refractivity contribution in [3.8, 4) is 5.75 Å². The molecule has 3 aromatic rings. The molecule has 146 valence electrons. The van der Waals surface area contributed by atoms with Crippen LogP contribution in [0.1, 0.15) is 11.1 Å². The minimum Gasteiger partial charge on any atom is -0.495 e. The summed E-state index contributed by atoms with van der Waals surface area (Å²) in [6.45, 7) is 2.10. The molecule has 0 spiro atoms. The fourth-order valence-electron chi connectivity index (χ4n) is 2.59. The topological polar surface area (TPSA) is 51.1 Å². The summed E-state index contributed by atoms with van der Waals surface area (Å²) >= 11 is 17.6. The lowest BCUT2D eigenvalue weighted by molar-refractivity contribution is 0.417. The number of methoxy groups -OCH3 is 1. The van der Waals surface area contributed by atoms with Gasteiger partial charge in [-0.2, -0.15) is 5.10 Å². The number of benzene rings is 2. The zero-order chi connectivity index (χ0) is 20.3. The third-order valence-corrected chi connectivity index (χ3v) is 4.77. The summed E-state index contributed by atoms with van der Waals surface area (Å²) in [5, 5.41) is 11.3. The largest absolute Gasteiger partial charge is 0.495 e. The van der Waals surface area contributed by atoms with Gasteiger partial charge in [-0.3, -0.25) is 4.68 Å². The average molecular weight is 439 g/mol. The van der Waals surface area contributed by atoms with Gasteiger partial charge in [0.25, 0.3) is 0 Å². The molecule has 0 unspecified atom stereocenters. The Kier molecular flexibility index (Phi) is 6.39. The number of thiocarbonyl (C=S) groups is 1. The van der Waals surface area contributed by atoms with Crippen LogP contribution in [0.25, 0.3) is 0 Å². The Labute approximate surface area is 177 Å². The van der Waals surface area contributed by atoms with E-state index in [1.54, 1.807) is 25.4 Å². The van der Waals surface area contributed by atoms with E-state index in [0.717, 1.165) is 5.56 Å². The summed E-state index contributed by atoms with van der Waals surface area (Å²) in [6.07, 6.45) is 1.57. The van der Waals surface area contributed by atoms with Crippen LogP contribution in [-0.2, 0) is 6.54 Å². The van der Waals surface area contributed by atoms with Crippen molar-refractivity contribution in [2.45, 2.75) is 13.5 Å². The van der Waals surface area contributed by atoms with Gasteiger partial charge in [0.05, 0.1) is 19.3 Å². The quantitative estimate of drug-likeness (QED) is 0.514. The van der Waals surface area contributed by atoms with E-state index in [9.17, 15) is 4.39 Å². The predicted molar refractivity (Wildman–Crippen MR) is 115 cm³/mol. The molecular formula is C19H17Cl2FN4OS. The van der Waals surface area contributed by atoms with Crippen LogP contribution in [0.4, 0.5) is 15.9 Å². The summed E-state index contributed by atoms with van der Waals surface area (Å²) in [7, 11) is 1.58. The van der Waals surface area contributed by atoms with E-state index >= 15 is 0 Å². The third-order valence-electron chi connectivity index (χ3n) is 3.93. The van der Waals surface area contributed by atoms with Crippen molar-refractivity contribution in [1.82, 2.24) is 9.78 Å². The van der Waals surface area contributed by atoms with Gasteiger partial charge in [0.2, 0.25) is 0 Å². The number of aromatic nitrogens is 2. The fourth-order valence-corrected chi connectivity index (χ4v) is 3.22. The molecule has 0 aliphatic heterocycles. The van der Waals surface area contributed by atoms with Crippen LogP contribution < -0.4 is 15.4 Å². The molecule has 28 heavy (non-hydrogen) atoms. The first-order valence-electron chi connectivity index (χ1n) is 8.26. The third kappa shape index (κ3) is 4.73. The maximum atomic E-state index is 14.0. The smallest absolute Gasteiger partial charge is 0.176 e. The fraction of sp³-hybridized carbons (Fsp3) is 0.158. The minimum atomic E-state index is -0.405. The Hall–Kier alpha value is -2.35. The van der Waals surface area contributed by atoms with Crippen molar-refractivity contribution in [3.05, 3.63) is 69.6 Å². The SMILES string of the molecule is COc1ccc(C)cc1NC(=S)Nc1nn(Cc2c(F)cccc2Cl)cc1Cl. The van der Waals surface area contributed by atoms with Crippen molar-refractivity contribution in [2.75, 3.05) is 17.7 Å². The van der Waals surface area contributed by atoms with Gasteiger partial charge in [0.1, 0.15) is 16.6 Å². The predicted octanol–water partition coefficient (Wildman–Crippen LogP) is 5.50. The van der Waals surface area contributed by atoms with Gasteiger partial charge in [0.15, 0.2) is 10.9 Å². The van der Waals surface area contributed by atoms with Gasteiger partial charge >= 0.3 is 0 Å². The van der Waals surface area contributed by atoms with Crippen molar-refractivity contribution in [1.29, 1.82) is 0 Å². The molecule has 0 radical (unpaired) electrons. The van der Waals surface area contributed by atoms with Gasteiger partial charge in [-0.1, -0.05) is 35.3 Å². The molecule has 1 aromatic heterocycles. The Morgan fingerprint density at radius 1 is 1.21 bits per heavy atom. The summed E-state index contributed by atoms with van der Waals surface area (Å²) in [6, 6.07) is 10.2. The number of ether oxygens (including phenoxy) is 1. The minimum absolute atomic E-state index is 0.138. The molecule has 0 amide bonds. The van der Waals surface area contributed by atoms with Crippen LogP contribution in [0.5, 0.6) is 5.75 Å². The molecule has 0 aliphatic rings. The summed E-state index contributed by atoms with van der Waals surface area (Å²) in [5.41, 5.74) is 2.10. The molecule has 5 nitrogen and oxygen atoms in total. The zero-order valence-electron chi connectivity index (χ0n) is 15.1. The second-order valence-electron chi connectivity index (χ2n) is 6.01. The van der Waals surface area contributed by atoms with Gasteiger partial charge in [-0.25, -0.2) is 4.39 Å². The summed E-state index contributed by atoms with van der Waals surface area (Å²) < 4.78 is 20.8. The Balaban J connectivity index is 1.73. The molecular weight excluding hydrogens is 422 g/mol. The van der Waals surface area contributed by atoms with E-state index in [4.69, 9.17) is 40.2 Å². The van der Waals surface area contributed by atoms with E-state index in [-0.39, 0.29) is 6.54 Å². The number of aryl methyl sites for hydroxylation is 1. The van der Waals surface area contributed by atoms with Crippen LogP contribution in [0.15, 0.2) is 42.6 Å². The van der Waals surface area contributed by atoms with E-state index in [2.05, 4.69) is 15.7 Å². The molecule has 0 saturated carbocycles. The first kappa shape index (κ1) is 20.4. The lowest BCUT2D eigenvalue weighted by Crippen LogP contribution is -2.20. The Bertz CT molecular complexity index is 1000. The van der Waals surface area contributed by atoms with E-state index < -0.39 is 5.82 Å². The lowest BCUT2D eigenvalue weighted by Gasteiger charge is -2.13. The van der Waals surface area contributed by atoms with Gasteiger partial charge in [-0.05, 0) is 49.0 Å². The number of nitrogens with zero attached hydrogens (tertiary/aromatic N) is 2. The first-order chi connectivity index (χ1) is 13.4. The van der Waals surface area contributed by atoms with Crippen molar-refractivity contribution in [3.63, 3.8) is 0 Å². The molecule has 1 heterocycles. The standard InChI is InChI=1S/C19H17Cl2FN4OS/c1-11-6-7-17(27-2)16(8-11)23-19(28)24-18-14(21)10-26(25-18)9-12-13(20)4-3-5-15(12)22/h3-8,10H,9H2,1-2H3,(H2,23,24,25,28). The number of halogens is 3.